The fourth-order valence-electron chi connectivity index (χ4n) is 2.37. The fraction of sp³-hybridized carbons (Fsp3) is 0.176. The quantitative estimate of drug-likeness (QED) is 0.691. The van der Waals surface area contributed by atoms with E-state index in [2.05, 4.69) is 37.3 Å². The number of furan rings is 1. The minimum absolute atomic E-state index is 0.849. The summed E-state index contributed by atoms with van der Waals surface area (Å²) in [6, 6.07) is 14.5. The average Bonchev–Trinajstić information content (AvgIpc) is 2.82. The van der Waals surface area contributed by atoms with Crippen LogP contribution in [0.2, 0.25) is 0 Å². The van der Waals surface area contributed by atoms with Crippen LogP contribution in [-0.2, 0) is 6.42 Å². The molecule has 2 nitrogen and oxygen atoms in total. The van der Waals surface area contributed by atoms with E-state index in [1.807, 2.05) is 12.1 Å². The second-order valence-corrected chi connectivity index (χ2v) is 4.74. The number of rotatable bonds is 3. The lowest BCUT2D eigenvalue weighted by Crippen LogP contribution is -1.91. The van der Waals surface area contributed by atoms with Gasteiger partial charge in [0, 0.05) is 17.4 Å². The van der Waals surface area contributed by atoms with Gasteiger partial charge in [0.2, 0.25) is 0 Å². The van der Waals surface area contributed by atoms with Gasteiger partial charge in [-0.15, -0.1) is 0 Å². The van der Waals surface area contributed by atoms with Gasteiger partial charge in [-0.25, -0.2) is 0 Å². The highest BCUT2D eigenvalue weighted by Crippen LogP contribution is 2.30. The van der Waals surface area contributed by atoms with E-state index in [-0.39, 0.29) is 0 Å². The molecule has 0 saturated heterocycles. The summed E-state index contributed by atoms with van der Waals surface area (Å²) in [7, 11) is 1.70. The molecule has 1 aromatic heterocycles. The summed E-state index contributed by atoms with van der Waals surface area (Å²) in [6.07, 6.45) is 2.65. The van der Waals surface area contributed by atoms with E-state index in [4.69, 9.17) is 9.15 Å². The number of fused-ring (bicyclic) bond motifs is 1. The van der Waals surface area contributed by atoms with Crippen molar-refractivity contribution >= 4 is 11.0 Å². The van der Waals surface area contributed by atoms with Crippen molar-refractivity contribution in [2.75, 3.05) is 7.11 Å². The Bertz CT molecular complexity index is 696. The molecular formula is C17H16O2. The molecule has 0 fully saturated rings. The summed E-state index contributed by atoms with van der Waals surface area (Å²) in [5.41, 5.74) is 4.53. The van der Waals surface area contributed by atoms with Gasteiger partial charge in [-0.1, -0.05) is 30.3 Å². The summed E-state index contributed by atoms with van der Waals surface area (Å²) in [5, 5.41) is 1.13. The normalized spacial score (nSPS) is 10.8. The maximum absolute atomic E-state index is 5.70. The largest absolute Gasteiger partial charge is 0.497 e. The van der Waals surface area contributed by atoms with Crippen molar-refractivity contribution in [3.63, 3.8) is 0 Å². The van der Waals surface area contributed by atoms with E-state index >= 15 is 0 Å². The first kappa shape index (κ1) is 11.8. The number of hydrogen-bond donors (Lipinski definition) is 0. The molecule has 2 aromatic carbocycles. The van der Waals surface area contributed by atoms with Crippen molar-refractivity contribution in [2.24, 2.45) is 0 Å². The Morgan fingerprint density at radius 2 is 1.89 bits per heavy atom. The van der Waals surface area contributed by atoms with Gasteiger partial charge < -0.3 is 9.15 Å². The van der Waals surface area contributed by atoms with Crippen LogP contribution in [0.1, 0.15) is 16.7 Å². The lowest BCUT2D eigenvalue weighted by atomic mass is 10.0. The highest BCUT2D eigenvalue weighted by atomic mass is 16.5. The molecule has 3 rings (SSSR count). The molecule has 0 unspecified atom stereocenters. The van der Waals surface area contributed by atoms with Gasteiger partial charge in [0.05, 0.1) is 13.4 Å². The zero-order valence-corrected chi connectivity index (χ0v) is 11.1. The minimum atomic E-state index is 0.849. The predicted molar refractivity (Wildman–Crippen MR) is 76.8 cm³/mol. The number of ether oxygens (including phenoxy) is 1. The number of aryl methyl sites for hydroxylation is 1. The Labute approximate surface area is 112 Å². The number of hydrogen-bond acceptors (Lipinski definition) is 2. The Morgan fingerprint density at radius 3 is 2.63 bits per heavy atom. The fourth-order valence-corrected chi connectivity index (χ4v) is 2.37. The average molecular weight is 252 g/mol. The van der Waals surface area contributed by atoms with Crippen molar-refractivity contribution < 1.29 is 9.15 Å². The predicted octanol–water partition coefficient (Wildman–Crippen LogP) is 4.34. The summed E-state index contributed by atoms with van der Waals surface area (Å²) in [5.74, 6) is 0.878. The Hall–Kier alpha value is -2.22. The van der Waals surface area contributed by atoms with Crippen molar-refractivity contribution in [2.45, 2.75) is 13.3 Å². The molecule has 3 aromatic rings. The Balaban J connectivity index is 2.11. The monoisotopic (exact) mass is 252 g/mol. The first-order valence-electron chi connectivity index (χ1n) is 6.36. The van der Waals surface area contributed by atoms with E-state index < -0.39 is 0 Å². The van der Waals surface area contributed by atoms with Crippen LogP contribution in [0.25, 0.3) is 11.0 Å². The molecule has 0 bridgehead atoms. The molecule has 0 aliphatic heterocycles. The van der Waals surface area contributed by atoms with Crippen LogP contribution in [-0.4, -0.2) is 7.11 Å². The first-order chi connectivity index (χ1) is 9.28. The van der Waals surface area contributed by atoms with E-state index in [1.165, 1.54) is 5.56 Å². The van der Waals surface area contributed by atoms with Crippen LogP contribution in [0.15, 0.2) is 53.1 Å². The van der Waals surface area contributed by atoms with Gasteiger partial charge in [0.1, 0.15) is 11.3 Å². The highest BCUT2D eigenvalue weighted by molar-refractivity contribution is 5.85. The molecule has 0 radical (unpaired) electrons. The third kappa shape index (κ3) is 2.22. The molecule has 0 aliphatic carbocycles. The van der Waals surface area contributed by atoms with Crippen molar-refractivity contribution in [1.82, 2.24) is 0 Å². The third-order valence-electron chi connectivity index (χ3n) is 3.39. The maximum Gasteiger partial charge on any atom is 0.137 e. The molecule has 0 spiro atoms. The van der Waals surface area contributed by atoms with Gasteiger partial charge in [-0.2, -0.15) is 0 Å². The summed E-state index contributed by atoms with van der Waals surface area (Å²) in [6.45, 7) is 2.05. The molecule has 0 saturated carbocycles. The van der Waals surface area contributed by atoms with E-state index in [9.17, 15) is 0 Å². The van der Waals surface area contributed by atoms with Gasteiger partial charge >= 0.3 is 0 Å². The van der Waals surface area contributed by atoms with Gasteiger partial charge in [-0.05, 0) is 30.2 Å². The lowest BCUT2D eigenvalue weighted by molar-refractivity contribution is 0.415. The van der Waals surface area contributed by atoms with Crippen LogP contribution in [0.5, 0.6) is 5.75 Å². The third-order valence-corrected chi connectivity index (χ3v) is 3.39. The smallest absolute Gasteiger partial charge is 0.137 e. The second kappa shape index (κ2) is 4.81. The number of methoxy groups -OCH3 is 1. The van der Waals surface area contributed by atoms with Gasteiger partial charge in [0.15, 0.2) is 0 Å². The van der Waals surface area contributed by atoms with E-state index in [0.29, 0.717) is 0 Å². The molecule has 0 N–H and O–H groups in total. The molecule has 1 heterocycles. The molecule has 0 amide bonds. The summed E-state index contributed by atoms with van der Waals surface area (Å²) < 4.78 is 11.1. The van der Waals surface area contributed by atoms with Crippen LogP contribution in [0.4, 0.5) is 0 Å². The highest BCUT2D eigenvalue weighted by Gasteiger charge is 2.11. The zero-order valence-electron chi connectivity index (χ0n) is 11.1. The minimum Gasteiger partial charge on any atom is -0.497 e. The summed E-state index contributed by atoms with van der Waals surface area (Å²) in [4.78, 5) is 0. The maximum atomic E-state index is 5.70. The lowest BCUT2D eigenvalue weighted by Gasteiger charge is -2.06. The standard InChI is InChI=1S/C17H16O2/c1-12-11-19-17-14(8-13-6-4-3-5-7-13)9-15(18-2)10-16(12)17/h3-7,9-11H,8H2,1-2H3. The molecule has 0 atom stereocenters. The van der Waals surface area contributed by atoms with Crippen molar-refractivity contribution in [1.29, 1.82) is 0 Å². The van der Waals surface area contributed by atoms with Crippen LogP contribution < -0.4 is 4.74 Å². The zero-order chi connectivity index (χ0) is 13.2. The van der Waals surface area contributed by atoms with E-state index in [1.54, 1.807) is 13.4 Å². The number of benzene rings is 2. The van der Waals surface area contributed by atoms with Gasteiger partial charge in [-0.3, -0.25) is 0 Å². The molecule has 0 aliphatic rings. The van der Waals surface area contributed by atoms with Crippen molar-refractivity contribution in [3.05, 3.63) is 65.4 Å². The first-order valence-corrected chi connectivity index (χ1v) is 6.36. The molecule has 96 valence electrons. The van der Waals surface area contributed by atoms with Gasteiger partial charge in [0.25, 0.3) is 0 Å². The Kier molecular flexibility index (Phi) is 3.00. The topological polar surface area (TPSA) is 22.4 Å². The second-order valence-electron chi connectivity index (χ2n) is 4.74. The molecule has 19 heavy (non-hydrogen) atoms. The van der Waals surface area contributed by atoms with E-state index in [0.717, 1.165) is 34.3 Å². The Morgan fingerprint density at radius 1 is 1.11 bits per heavy atom. The SMILES string of the molecule is COc1cc(Cc2ccccc2)c2occ(C)c2c1. The molecule has 2 heteroatoms. The van der Waals surface area contributed by atoms with Crippen LogP contribution in [0.3, 0.4) is 0 Å². The van der Waals surface area contributed by atoms with Crippen LogP contribution >= 0.6 is 0 Å². The van der Waals surface area contributed by atoms with Crippen LogP contribution in [0, 0.1) is 6.92 Å². The summed E-state index contributed by atoms with van der Waals surface area (Å²) >= 11 is 0. The molecular weight excluding hydrogens is 236 g/mol. The van der Waals surface area contributed by atoms with Crippen molar-refractivity contribution in [3.8, 4) is 5.75 Å².